The second-order valence-electron chi connectivity index (χ2n) is 5.88. The van der Waals surface area contributed by atoms with Crippen molar-refractivity contribution in [3.05, 3.63) is 36.2 Å². The van der Waals surface area contributed by atoms with Crippen LogP contribution >= 0.6 is 0 Å². The average Bonchev–Trinajstić information content (AvgIpc) is 2.61. The predicted octanol–water partition coefficient (Wildman–Crippen LogP) is 3.07. The normalized spacial score (nSPS) is 11.7. The Morgan fingerprint density at radius 1 is 1.16 bits per heavy atom. The van der Waals surface area contributed by atoms with Gasteiger partial charge >= 0.3 is 6.09 Å². The third-order valence-corrected chi connectivity index (χ3v) is 3.28. The molecular weight excluding hydrogens is 322 g/mol. The fraction of sp³-hybridized carbons (Fsp3) is 0.412. The highest BCUT2D eigenvalue weighted by molar-refractivity contribution is 5.67. The maximum Gasteiger partial charge on any atom is 0.407 e. The van der Waals surface area contributed by atoms with E-state index in [1.807, 2.05) is 38.1 Å². The molecule has 0 radical (unpaired) electrons. The first kappa shape index (κ1) is 18.4. The Labute approximate surface area is 147 Å². The first-order valence-electron chi connectivity index (χ1n) is 8.03. The standard InChI is InChI=1S/C17H23N5O3/c1-11(2)9-19-17(23)25-12(3)15-10-18-16(22-21-15)20-13-5-7-14(24-4)8-6-13/h5-8,10-12H,9H2,1-4H3,(H,19,23)(H,18,20,22). The van der Waals surface area contributed by atoms with Crippen LogP contribution in [0.3, 0.4) is 0 Å². The van der Waals surface area contributed by atoms with Gasteiger partial charge < -0.3 is 20.1 Å². The van der Waals surface area contributed by atoms with Gasteiger partial charge in [0.1, 0.15) is 17.5 Å². The molecule has 2 aromatic rings. The molecule has 2 rings (SSSR count). The number of alkyl carbamates (subject to hydrolysis) is 1. The van der Waals surface area contributed by atoms with Crippen molar-refractivity contribution in [3.63, 3.8) is 0 Å². The van der Waals surface area contributed by atoms with E-state index in [9.17, 15) is 4.79 Å². The molecule has 1 aromatic heterocycles. The molecule has 0 saturated carbocycles. The van der Waals surface area contributed by atoms with E-state index in [2.05, 4.69) is 25.8 Å². The Kier molecular flexibility index (Phi) is 6.50. The number of ether oxygens (including phenoxy) is 2. The van der Waals surface area contributed by atoms with E-state index in [4.69, 9.17) is 9.47 Å². The summed E-state index contributed by atoms with van der Waals surface area (Å²) in [7, 11) is 1.61. The molecule has 25 heavy (non-hydrogen) atoms. The topological polar surface area (TPSA) is 98.3 Å². The molecule has 0 fully saturated rings. The van der Waals surface area contributed by atoms with Crippen molar-refractivity contribution >= 4 is 17.7 Å². The lowest BCUT2D eigenvalue weighted by molar-refractivity contribution is 0.103. The van der Waals surface area contributed by atoms with Crippen molar-refractivity contribution in [1.82, 2.24) is 20.5 Å². The summed E-state index contributed by atoms with van der Waals surface area (Å²) in [4.78, 5) is 15.9. The molecule has 1 amide bonds. The van der Waals surface area contributed by atoms with E-state index in [0.717, 1.165) is 11.4 Å². The van der Waals surface area contributed by atoms with Crippen molar-refractivity contribution < 1.29 is 14.3 Å². The number of aromatic nitrogens is 3. The lowest BCUT2D eigenvalue weighted by Gasteiger charge is -2.14. The number of methoxy groups -OCH3 is 1. The molecule has 0 spiro atoms. The molecule has 0 bridgehead atoms. The summed E-state index contributed by atoms with van der Waals surface area (Å²) in [6.45, 7) is 6.29. The fourth-order valence-electron chi connectivity index (χ4n) is 1.88. The van der Waals surface area contributed by atoms with Gasteiger partial charge in [0.15, 0.2) is 0 Å². The summed E-state index contributed by atoms with van der Waals surface area (Å²) in [5.41, 5.74) is 1.28. The molecule has 8 nitrogen and oxygen atoms in total. The molecule has 1 unspecified atom stereocenters. The number of rotatable bonds is 7. The largest absolute Gasteiger partial charge is 0.497 e. The highest BCUT2D eigenvalue weighted by Crippen LogP contribution is 2.18. The fourth-order valence-corrected chi connectivity index (χ4v) is 1.88. The zero-order chi connectivity index (χ0) is 18.2. The van der Waals surface area contributed by atoms with Crippen LogP contribution in [0.25, 0.3) is 0 Å². The van der Waals surface area contributed by atoms with Crippen molar-refractivity contribution in [2.45, 2.75) is 26.9 Å². The summed E-state index contributed by atoms with van der Waals surface area (Å²) >= 11 is 0. The minimum absolute atomic E-state index is 0.352. The van der Waals surface area contributed by atoms with Crippen LogP contribution < -0.4 is 15.4 Å². The first-order valence-corrected chi connectivity index (χ1v) is 8.03. The first-order chi connectivity index (χ1) is 12.0. The Hall–Kier alpha value is -2.90. The van der Waals surface area contributed by atoms with Crippen LogP contribution in [0.4, 0.5) is 16.4 Å². The zero-order valence-electron chi connectivity index (χ0n) is 14.8. The minimum atomic E-state index is -0.540. The Morgan fingerprint density at radius 2 is 1.88 bits per heavy atom. The average molecular weight is 345 g/mol. The molecule has 134 valence electrons. The number of nitrogens with zero attached hydrogens (tertiary/aromatic N) is 3. The summed E-state index contributed by atoms with van der Waals surface area (Å²) in [5.74, 6) is 1.47. The minimum Gasteiger partial charge on any atom is -0.497 e. The summed E-state index contributed by atoms with van der Waals surface area (Å²) in [6.07, 6.45) is 0.504. The number of hydrogen-bond acceptors (Lipinski definition) is 7. The van der Waals surface area contributed by atoms with Crippen LogP contribution in [0.1, 0.15) is 32.6 Å². The highest BCUT2D eigenvalue weighted by atomic mass is 16.6. The van der Waals surface area contributed by atoms with Gasteiger partial charge in [-0.25, -0.2) is 9.78 Å². The van der Waals surface area contributed by atoms with E-state index in [1.165, 1.54) is 6.20 Å². The van der Waals surface area contributed by atoms with Gasteiger partial charge in [0, 0.05) is 12.2 Å². The SMILES string of the molecule is COc1ccc(Nc2ncc(C(C)OC(=O)NCC(C)C)nn2)cc1. The third-order valence-electron chi connectivity index (χ3n) is 3.28. The number of anilines is 2. The van der Waals surface area contributed by atoms with E-state index in [0.29, 0.717) is 24.1 Å². The van der Waals surface area contributed by atoms with Crippen molar-refractivity contribution in [2.75, 3.05) is 19.0 Å². The van der Waals surface area contributed by atoms with Gasteiger partial charge in [-0.15, -0.1) is 10.2 Å². The zero-order valence-corrected chi connectivity index (χ0v) is 14.8. The molecule has 0 aliphatic rings. The number of amides is 1. The van der Waals surface area contributed by atoms with Crippen LogP contribution in [-0.4, -0.2) is 34.9 Å². The Morgan fingerprint density at radius 3 is 2.44 bits per heavy atom. The maximum absolute atomic E-state index is 11.7. The van der Waals surface area contributed by atoms with Gasteiger partial charge in [-0.3, -0.25) is 0 Å². The molecule has 8 heteroatoms. The van der Waals surface area contributed by atoms with Gasteiger partial charge in [0.25, 0.3) is 0 Å². The predicted molar refractivity (Wildman–Crippen MR) is 93.8 cm³/mol. The van der Waals surface area contributed by atoms with Crippen LogP contribution in [0.15, 0.2) is 30.5 Å². The number of carbonyl (C=O) groups is 1. The Balaban J connectivity index is 1.90. The third kappa shape index (κ3) is 5.91. The number of nitrogens with one attached hydrogen (secondary N) is 2. The van der Waals surface area contributed by atoms with Gasteiger partial charge in [-0.1, -0.05) is 13.8 Å². The van der Waals surface area contributed by atoms with Crippen LogP contribution in [0, 0.1) is 5.92 Å². The van der Waals surface area contributed by atoms with E-state index >= 15 is 0 Å². The second-order valence-corrected chi connectivity index (χ2v) is 5.88. The van der Waals surface area contributed by atoms with E-state index < -0.39 is 12.2 Å². The van der Waals surface area contributed by atoms with Crippen molar-refractivity contribution in [2.24, 2.45) is 5.92 Å². The van der Waals surface area contributed by atoms with Crippen molar-refractivity contribution in [1.29, 1.82) is 0 Å². The van der Waals surface area contributed by atoms with Crippen LogP contribution in [0.5, 0.6) is 5.75 Å². The monoisotopic (exact) mass is 345 g/mol. The summed E-state index contributed by atoms with van der Waals surface area (Å²) < 4.78 is 10.3. The van der Waals surface area contributed by atoms with E-state index in [1.54, 1.807) is 14.0 Å². The Bertz CT molecular complexity index is 674. The quantitative estimate of drug-likeness (QED) is 0.795. The van der Waals surface area contributed by atoms with Gasteiger partial charge in [-0.05, 0) is 37.1 Å². The number of benzene rings is 1. The molecule has 1 aromatic carbocycles. The molecule has 1 heterocycles. The van der Waals surface area contributed by atoms with Gasteiger partial charge in [0.2, 0.25) is 5.95 Å². The molecular formula is C17H23N5O3. The van der Waals surface area contributed by atoms with Crippen LogP contribution in [-0.2, 0) is 4.74 Å². The smallest absolute Gasteiger partial charge is 0.407 e. The molecule has 0 aliphatic carbocycles. The number of carbonyl (C=O) groups excluding carboxylic acids is 1. The van der Waals surface area contributed by atoms with Gasteiger partial charge in [0.05, 0.1) is 13.3 Å². The lowest BCUT2D eigenvalue weighted by atomic mass is 10.2. The molecule has 0 saturated heterocycles. The molecule has 1 atom stereocenters. The maximum atomic E-state index is 11.7. The molecule has 2 N–H and O–H groups in total. The summed E-state index contributed by atoms with van der Waals surface area (Å²) in [5, 5.41) is 13.8. The van der Waals surface area contributed by atoms with E-state index in [-0.39, 0.29) is 0 Å². The lowest BCUT2D eigenvalue weighted by Crippen LogP contribution is -2.29. The summed E-state index contributed by atoms with van der Waals surface area (Å²) in [6, 6.07) is 7.35. The van der Waals surface area contributed by atoms with Crippen LogP contribution in [0.2, 0.25) is 0 Å². The second kappa shape index (κ2) is 8.81. The highest BCUT2D eigenvalue weighted by Gasteiger charge is 2.14. The van der Waals surface area contributed by atoms with Gasteiger partial charge in [-0.2, -0.15) is 0 Å². The number of hydrogen-bond donors (Lipinski definition) is 2. The molecule has 0 aliphatic heterocycles. The van der Waals surface area contributed by atoms with Crippen molar-refractivity contribution in [3.8, 4) is 5.75 Å².